The molecule has 9 nitrogen and oxygen atoms in total. The van der Waals surface area contributed by atoms with E-state index in [1.807, 2.05) is 0 Å². The lowest BCUT2D eigenvalue weighted by Crippen LogP contribution is -2.40. The van der Waals surface area contributed by atoms with Gasteiger partial charge in [-0.15, -0.1) is 0 Å². The number of carbonyl (C=O) groups excluding carboxylic acids is 1. The summed E-state index contributed by atoms with van der Waals surface area (Å²) in [7, 11) is -1.83. The van der Waals surface area contributed by atoms with Gasteiger partial charge in [0.15, 0.2) is 4.91 Å². The Morgan fingerprint density at radius 2 is 1.68 bits per heavy atom. The third kappa shape index (κ3) is 2.35. The van der Waals surface area contributed by atoms with Crippen molar-refractivity contribution in [3.05, 3.63) is 31.3 Å². The number of rotatable bonds is 1. The standard InChI is InChI=1S/C15H18N2O7S/c1-16-11(18)9(12(19)17(2)14(16)21)8-10-13(20)24-15(25(10,22)23)6-4-3-5-7-15/h8,18H,3-7H2,1-2H3/p-1/b10-8+. The molecule has 2 aliphatic rings. The summed E-state index contributed by atoms with van der Waals surface area (Å²) < 4.78 is 32.2. The van der Waals surface area contributed by atoms with Gasteiger partial charge in [0.25, 0.3) is 5.56 Å². The van der Waals surface area contributed by atoms with Crippen LogP contribution in [0.3, 0.4) is 0 Å². The topological polar surface area (TPSA) is 128 Å². The average Bonchev–Trinajstić information content (AvgIpc) is 2.75. The molecule has 1 aromatic heterocycles. The zero-order valence-electron chi connectivity index (χ0n) is 13.8. The first-order valence-electron chi connectivity index (χ1n) is 7.79. The summed E-state index contributed by atoms with van der Waals surface area (Å²) in [4.78, 5) is 33.8. The van der Waals surface area contributed by atoms with Gasteiger partial charge >= 0.3 is 11.7 Å². The molecule has 25 heavy (non-hydrogen) atoms. The number of ether oxygens (including phenoxy) is 1. The minimum atomic E-state index is -4.15. The Bertz CT molecular complexity index is 1010. The Morgan fingerprint density at radius 3 is 2.28 bits per heavy atom. The molecule has 1 saturated heterocycles. The molecule has 10 heteroatoms. The van der Waals surface area contributed by atoms with E-state index >= 15 is 0 Å². The van der Waals surface area contributed by atoms with Gasteiger partial charge in [0.05, 0.1) is 5.56 Å². The van der Waals surface area contributed by atoms with Crippen molar-refractivity contribution in [3.8, 4) is 5.88 Å². The van der Waals surface area contributed by atoms with Crippen LogP contribution in [0, 0.1) is 0 Å². The molecule has 2 fully saturated rings. The lowest BCUT2D eigenvalue weighted by Gasteiger charge is -2.29. The minimum absolute atomic E-state index is 0.188. The van der Waals surface area contributed by atoms with Gasteiger partial charge in [0.2, 0.25) is 14.8 Å². The second-order valence-corrected chi connectivity index (χ2v) is 8.49. The Morgan fingerprint density at radius 1 is 1.08 bits per heavy atom. The highest BCUT2D eigenvalue weighted by Crippen LogP contribution is 2.45. The van der Waals surface area contributed by atoms with Crippen LogP contribution in [0.5, 0.6) is 5.88 Å². The number of hydrogen-bond acceptors (Lipinski definition) is 7. The third-order valence-corrected chi connectivity index (χ3v) is 7.13. The molecule has 0 unspecified atom stereocenters. The highest BCUT2D eigenvalue weighted by molar-refractivity contribution is 7.98. The maximum Gasteiger partial charge on any atom is 0.351 e. The molecule has 0 aromatic carbocycles. The van der Waals surface area contributed by atoms with Crippen LogP contribution in [-0.4, -0.2) is 28.5 Å². The molecule has 0 amide bonds. The van der Waals surface area contributed by atoms with Crippen molar-refractivity contribution in [3.63, 3.8) is 0 Å². The van der Waals surface area contributed by atoms with E-state index < -0.39 is 48.3 Å². The van der Waals surface area contributed by atoms with Crippen molar-refractivity contribution in [2.75, 3.05) is 0 Å². The second-order valence-electron chi connectivity index (χ2n) is 6.30. The van der Waals surface area contributed by atoms with E-state index in [4.69, 9.17) is 4.74 Å². The molecule has 1 aliphatic heterocycles. The molecular formula is C15H17N2O7S-. The molecule has 0 radical (unpaired) electrons. The summed E-state index contributed by atoms with van der Waals surface area (Å²) in [6.45, 7) is 0. The summed E-state index contributed by atoms with van der Waals surface area (Å²) in [5, 5.41) is 12.2. The number of sulfone groups is 1. The van der Waals surface area contributed by atoms with E-state index in [0.29, 0.717) is 22.0 Å². The summed E-state index contributed by atoms with van der Waals surface area (Å²) in [5.41, 5.74) is -2.36. The summed E-state index contributed by atoms with van der Waals surface area (Å²) >= 11 is 0. The van der Waals surface area contributed by atoms with E-state index in [2.05, 4.69) is 0 Å². The van der Waals surface area contributed by atoms with Crippen LogP contribution in [0.4, 0.5) is 0 Å². The van der Waals surface area contributed by atoms with Gasteiger partial charge < -0.3 is 14.4 Å². The van der Waals surface area contributed by atoms with Gasteiger partial charge in [0, 0.05) is 26.9 Å². The lowest BCUT2D eigenvalue weighted by molar-refractivity contribution is -0.280. The zero-order valence-corrected chi connectivity index (χ0v) is 14.6. The van der Waals surface area contributed by atoms with Crippen LogP contribution in [0.2, 0.25) is 0 Å². The molecule has 0 N–H and O–H groups in total. The van der Waals surface area contributed by atoms with E-state index in [1.54, 1.807) is 0 Å². The van der Waals surface area contributed by atoms with Crippen LogP contribution >= 0.6 is 0 Å². The Hall–Kier alpha value is -2.36. The monoisotopic (exact) mass is 369 g/mol. The zero-order chi connectivity index (χ0) is 18.6. The van der Waals surface area contributed by atoms with Gasteiger partial charge in [-0.25, -0.2) is 18.0 Å². The molecule has 3 rings (SSSR count). The largest absolute Gasteiger partial charge is 0.859 e. The molecule has 0 atom stereocenters. The quantitative estimate of drug-likeness (QED) is 0.465. The number of aromatic nitrogens is 2. The fourth-order valence-corrected chi connectivity index (χ4v) is 5.23. The van der Waals surface area contributed by atoms with Gasteiger partial charge in [-0.05, 0) is 24.8 Å². The fraction of sp³-hybridized carbons (Fsp3) is 0.533. The van der Waals surface area contributed by atoms with Crippen LogP contribution in [0.25, 0.3) is 6.08 Å². The number of esters is 1. The van der Waals surface area contributed by atoms with Crippen LogP contribution in [0.15, 0.2) is 14.5 Å². The van der Waals surface area contributed by atoms with E-state index in [9.17, 15) is 27.9 Å². The molecule has 1 saturated carbocycles. The number of nitrogens with zero attached hydrogens (tertiary/aromatic N) is 2. The maximum absolute atomic E-state index is 12.9. The molecular weight excluding hydrogens is 352 g/mol. The lowest BCUT2D eigenvalue weighted by atomic mass is 9.97. The van der Waals surface area contributed by atoms with Crippen molar-refractivity contribution in [1.82, 2.24) is 9.13 Å². The minimum Gasteiger partial charge on any atom is -0.859 e. The van der Waals surface area contributed by atoms with Crippen molar-refractivity contribution in [2.45, 2.75) is 37.0 Å². The molecule has 1 aliphatic carbocycles. The van der Waals surface area contributed by atoms with Crippen molar-refractivity contribution in [1.29, 1.82) is 0 Å². The second kappa shape index (κ2) is 5.58. The van der Waals surface area contributed by atoms with E-state index in [-0.39, 0.29) is 12.8 Å². The Labute approximate surface area is 143 Å². The number of hydrogen-bond donors (Lipinski definition) is 0. The maximum atomic E-state index is 12.9. The summed E-state index contributed by atoms with van der Waals surface area (Å²) in [6, 6.07) is 0. The predicted octanol–water partition coefficient (Wildman–Crippen LogP) is -0.869. The highest BCUT2D eigenvalue weighted by Gasteiger charge is 2.57. The normalized spacial score (nSPS) is 23.1. The SMILES string of the molecule is Cn1c([O-])c(/C=C2\C(=O)OC3(CCCCC3)S2(=O)=O)c(=O)n(C)c1=O. The predicted molar refractivity (Wildman–Crippen MR) is 85.2 cm³/mol. The van der Waals surface area contributed by atoms with E-state index in [1.165, 1.54) is 0 Å². The Balaban J connectivity index is 2.23. The Kier molecular flexibility index (Phi) is 3.90. The smallest absolute Gasteiger partial charge is 0.351 e. The van der Waals surface area contributed by atoms with Gasteiger partial charge in [0.1, 0.15) is 0 Å². The van der Waals surface area contributed by atoms with Crippen LogP contribution in [-0.2, 0) is 33.5 Å². The molecule has 0 bridgehead atoms. The molecule has 1 aromatic rings. The van der Waals surface area contributed by atoms with Crippen LogP contribution in [0.1, 0.15) is 37.7 Å². The van der Waals surface area contributed by atoms with Crippen LogP contribution < -0.4 is 16.4 Å². The first kappa shape index (κ1) is 17.5. The third-order valence-electron chi connectivity index (χ3n) is 4.79. The van der Waals surface area contributed by atoms with E-state index in [0.717, 1.165) is 26.6 Å². The molecule has 136 valence electrons. The fourth-order valence-electron chi connectivity index (χ4n) is 3.29. The van der Waals surface area contributed by atoms with Gasteiger partial charge in [-0.2, -0.15) is 0 Å². The summed E-state index contributed by atoms with van der Waals surface area (Å²) in [5.74, 6) is -2.04. The van der Waals surface area contributed by atoms with Gasteiger partial charge in [-0.3, -0.25) is 9.36 Å². The summed E-state index contributed by atoms with van der Waals surface area (Å²) in [6.07, 6.45) is 3.18. The van der Waals surface area contributed by atoms with Crippen molar-refractivity contribution >= 4 is 21.9 Å². The van der Waals surface area contributed by atoms with Gasteiger partial charge in [-0.1, -0.05) is 6.42 Å². The first-order valence-corrected chi connectivity index (χ1v) is 9.27. The molecule has 1 spiro atoms. The van der Waals surface area contributed by atoms with Crippen molar-refractivity contribution in [2.24, 2.45) is 14.1 Å². The highest BCUT2D eigenvalue weighted by atomic mass is 32.2. The average molecular weight is 369 g/mol. The molecule has 2 heterocycles. The van der Waals surface area contributed by atoms with Crippen molar-refractivity contribution < 1.29 is 23.1 Å². The number of carbonyl (C=O) groups is 1. The first-order chi connectivity index (χ1) is 11.6.